The van der Waals surface area contributed by atoms with E-state index in [4.69, 9.17) is 14.7 Å². The van der Waals surface area contributed by atoms with E-state index in [1.165, 1.54) is 5.56 Å². The molecule has 86 valence electrons. The van der Waals surface area contributed by atoms with E-state index in [0.717, 1.165) is 11.0 Å². The first-order chi connectivity index (χ1) is 8.26. The van der Waals surface area contributed by atoms with Crippen molar-refractivity contribution >= 4 is 11.0 Å². The molecule has 0 aliphatic rings. The van der Waals surface area contributed by atoms with Crippen LogP contribution < -0.4 is 5.73 Å². The van der Waals surface area contributed by atoms with Crippen LogP contribution in [-0.2, 0) is 6.54 Å². The van der Waals surface area contributed by atoms with E-state index in [1.54, 1.807) is 0 Å². The zero-order chi connectivity index (χ0) is 11.8. The zero-order valence-electron chi connectivity index (χ0n) is 9.30. The van der Waals surface area contributed by atoms with Crippen LogP contribution in [0.15, 0.2) is 33.2 Å². The molecule has 2 aromatic heterocycles. The van der Waals surface area contributed by atoms with Crippen molar-refractivity contribution in [1.82, 2.24) is 10.1 Å². The highest BCUT2D eigenvalue weighted by Gasteiger charge is 2.13. The van der Waals surface area contributed by atoms with Gasteiger partial charge in [0, 0.05) is 5.39 Å². The number of nitrogens with zero attached hydrogens (tertiary/aromatic N) is 2. The lowest BCUT2D eigenvalue weighted by atomic mass is 10.2. The molecular formula is C12H11N3O2. The molecule has 0 saturated heterocycles. The van der Waals surface area contributed by atoms with Gasteiger partial charge in [-0.3, -0.25) is 0 Å². The summed E-state index contributed by atoms with van der Waals surface area (Å²) in [6.45, 7) is 2.29. The fourth-order valence-corrected chi connectivity index (χ4v) is 1.71. The van der Waals surface area contributed by atoms with Crippen molar-refractivity contribution in [3.63, 3.8) is 0 Å². The summed E-state index contributed by atoms with van der Waals surface area (Å²) >= 11 is 0. The summed E-state index contributed by atoms with van der Waals surface area (Å²) in [5.41, 5.74) is 7.40. The Labute approximate surface area is 97.2 Å². The van der Waals surface area contributed by atoms with Crippen LogP contribution in [0.1, 0.15) is 11.4 Å². The van der Waals surface area contributed by atoms with Crippen LogP contribution in [0.3, 0.4) is 0 Å². The van der Waals surface area contributed by atoms with Gasteiger partial charge < -0.3 is 14.7 Å². The van der Waals surface area contributed by atoms with Gasteiger partial charge in [0.15, 0.2) is 11.6 Å². The molecule has 3 aromatic rings. The predicted molar refractivity (Wildman–Crippen MR) is 62.1 cm³/mol. The Morgan fingerprint density at radius 2 is 2.18 bits per heavy atom. The molecule has 0 amide bonds. The Kier molecular flexibility index (Phi) is 2.19. The number of nitrogens with two attached hydrogens (primary N) is 1. The highest BCUT2D eigenvalue weighted by atomic mass is 16.5. The SMILES string of the molecule is Cc1ccc2oc(-c3nc(CN)no3)cc2c1. The number of rotatable bonds is 2. The van der Waals surface area contributed by atoms with Gasteiger partial charge in [0.1, 0.15) is 5.58 Å². The number of aryl methyl sites for hydroxylation is 1. The van der Waals surface area contributed by atoms with Gasteiger partial charge in [-0.1, -0.05) is 16.8 Å². The van der Waals surface area contributed by atoms with Crippen LogP contribution in [0.25, 0.3) is 22.6 Å². The number of hydrogen-bond donors (Lipinski definition) is 1. The molecule has 0 bridgehead atoms. The summed E-state index contributed by atoms with van der Waals surface area (Å²) in [7, 11) is 0. The molecule has 0 unspecified atom stereocenters. The molecular weight excluding hydrogens is 218 g/mol. The van der Waals surface area contributed by atoms with E-state index < -0.39 is 0 Å². The van der Waals surface area contributed by atoms with Gasteiger partial charge in [0.05, 0.1) is 6.54 Å². The minimum Gasteiger partial charge on any atom is -0.451 e. The van der Waals surface area contributed by atoms with E-state index in [2.05, 4.69) is 10.1 Å². The molecule has 0 fully saturated rings. The van der Waals surface area contributed by atoms with E-state index >= 15 is 0 Å². The summed E-state index contributed by atoms with van der Waals surface area (Å²) in [6, 6.07) is 7.85. The normalized spacial score (nSPS) is 11.2. The second-order valence-electron chi connectivity index (χ2n) is 3.87. The van der Waals surface area contributed by atoms with E-state index in [1.807, 2.05) is 31.2 Å². The maximum absolute atomic E-state index is 5.63. The van der Waals surface area contributed by atoms with Gasteiger partial charge in [0.25, 0.3) is 5.89 Å². The van der Waals surface area contributed by atoms with Crippen molar-refractivity contribution in [2.75, 3.05) is 0 Å². The quantitative estimate of drug-likeness (QED) is 0.729. The molecule has 0 aliphatic carbocycles. The van der Waals surface area contributed by atoms with Crippen LogP contribution in [0.5, 0.6) is 0 Å². The first-order valence-electron chi connectivity index (χ1n) is 5.29. The largest absolute Gasteiger partial charge is 0.451 e. The van der Waals surface area contributed by atoms with Crippen LogP contribution in [0.4, 0.5) is 0 Å². The molecule has 0 radical (unpaired) electrons. The summed E-state index contributed by atoms with van der Waals surface area (Å²) in [4.78, 5) is 4.12. The van der Waals surface area contributed by atoms with Crippen molar-refractivity contribution in [3.8, 4) is 11.7 Å². The zero-order valence-corrected chi connectivity index (χ0v) is 9.30. The second kappa shape index (κ2) is 3.71. The topological polar surface area (TPSA) is 78.1 Å². The third kappa shape index (κ3) is 1.70. The Hall–Kier alpha value is -2.14. The van der Waals surface area contributed by atoms with Crippen LogP contribution in [-0.4, -0.2) is 10.1 Å². The minimum absolute atomic E-state index is 0.253. The van der Waals surface area contributed by atoms with Crippen molar-refractivity contribution in [1.29, 1.82) is 0 Å². The fourth-order valence-electron chi connectivity index (χ4n) is 1.71. The average Bonchev–Trinajstić information content (AvgIpc) is 2.93. The van der Waals surface area contributed by atoms with Crippen LogP contribution >= 0.6 is 0 Å². The molecule has 0 spiro atoms. The minimum atomic E-state index is 0.253. The third-order valence-electron chi connectivity index (χ3n) is 2.53. The molecule has 2 heterocycles. The lowest BCUT2D eigenvalue weighted by Gasteiger charge is -1.89. The molecule has 0 saturated carbocycles. The van der Waals surface area contributed by atoms with E-state index in [9.17, 15) is 0 Å². The van der Waals surface area contributed by atoms with E-state index in [-0.39, 0.29) is 6.54 Å². The Bertz CT molecular complexity index is 669. The highest BCUT2D eigenvalue weighted by Crippen LogP contribution is 2.27. The summed E-state index contributed by atoms with van der Waals surface area (Å²) in [5.74, 6) is 1.40. The maximum Gasteiger partial charge on any atom is 0.293 e. The number of aromatic nitrogens is 2. The molecule has 3 rings (SSSR count). The monoisotopic (exact) mass is 229 g/mol. The molecule has 0 aliphatic heterocycles. The lowest BCUT2D eigenvalue weighted by Crippen LogP contribution is -1.97. The number of furan rings is 1. The van der Waals surface area contributed by atoms with Gasteiger partial charge in [-0.15, -0.1) is 0 Å². The van der Waals surface area contributed by atoms with Crippen molar-refractivity contribution < 1.29 is 8.94 Å². The highest BCUT2D eigenvalue weighted by molar-refractivity contribution is 5.82. The van der Waals surface area contributed by atoms with Gasteiger partial charge in [-0.05, 0) is 25.1 Å². The average molecular weight is 229 g/mol. The van der Waals surface area contributed by atoms with Crippen LogP contribution in [0.2, 0.25) is 0 Å². The number of benzene rings is 1. The van der Waals surface area contributed by atoms with Gasteiger partial charge >= 0.3 is 0 Å². The predicted octanol–water partition coefficient (Wildman–Crippen LogP) is 2.25. The number of hydrogen-bond acceptors (Lipinski definition) is 5. The molecule has 5 nitrogen and oxygen atoms in total. The molecule has 2 N–H and O–H groups in total. The Morgan fingerprint density at radius 3 is 2.94 bits per heavy atom. The Morgan fingerprint density at radius 1 is 1.29 bits per heavy atom. The molecule has 5 heteroatoms. The smallest absolute Gasteiger partial charge is 0.293 e. The standard InChI is InChI=1S/C12H11N3O2/c1-7-2-3-9-8(4-7)5-10(16-9)12-14-11(6-13)15-17-12/h2-5H,6,13H2,1H3. The van der Waals surface area contributed by atoms with Crippen molar-refractivity contribution in [2.45, 2.75) is 13.5 Å². The van der Waals surface area contributed by atoms with Gasteiger partial charge in [0.2, 0.25) is 0 Å². The molecule has 1 aromatic carbocycles. The fraction of sp³-hybridized carbons (Fsp3) is 0.167. The molecule has 17 heavy (non-hydrogen) atoms. The number of fused-ring (bicyclic) bond motifs is 1. The first-order valence-corrected chi connectivity index (χ1v) is 5.29. The van der Waals surface area contributed by atoms with E-state index in [0.29, 0.717) is 17.5 Å². The van der Waals surface area contributed by atoms with Crippen molar-refractivity contribution in [3.05, 3.63) is 35.7 Å². The third-order valence-corrected chi connectivity index (χ3v) is 2.53. The maximum atomic E-state index is 5.63. The molecule has 0 atom stereocenters. The van der Waals surface area contributed by atoms with Crippen LogP contribution in [0, 0.1) is 6.92 Å². The summed E-state index contributed by atoms with van der Waals surface area (Å²) < 4.78 is 10.7. The van der Waals surface area contributed by atoms with Gasteiger partial charge in [-0.2, -0.15) is 4.98 Å². The lowest BCUT2D eigenvalue weighted by molar-refractivity contribution is 0.412. The summed E-state index contributed by atoms with van der Waals surface area (Å²) in [6.07, 6.45) is 0. The van der Waals surface area contributed by atoms with Crippen molar-refractivity contribution in [2.24, 2.45) is 5.73 Å². The second-order valence-corrected chi connectivity index (χ2v) is 3.87. The van der Waals surface area contributed by atoms with Gasteiger partial charge in [-0.25, -0.2) is 0 Å². The Balaban J connectivity index is 2.11. The first kappa shape index (κ1) is 10.0. The summed E-state index contributed by atoms with van der Waals surface area (Å²) in [5, 5.41) is 4.75.